The molecule has 2 aromatic rings. The third kappa shape index (κ3) is 3.66. The van der Waals surface area contributed by atoms with Crippen LogP contribution in [0.25, 0.3) is 0 Å². The van der Waals surface area contributed by atoms with Crippen LogP contribution in [0, 0.1) is 6.92 Å². The molecule has 0 aliphatic heterocycles. The van der Waals surface area contributed by atoms with Gasteiger partial charge in [0.15, 0.2) is 4.67 Å². The number of rotatable bonds is 5. The van der Waals surface area contributed by atoms with Crippen LogP contribution in [0.5, 0.6) is 0 Å². The fourth-order valence-electron chi connectivity index (χ4n) is 1.60. The van der Waals surface area contributed by atoms with E-state index in [0.717, 1.165) is 34.1 Å². The standard InChI is InChI=1S/C12H15BrN2OS/c1-8(11-3-4-12(13)16-11)14-6-5-10-7-17-9(2)15-10/h3-4,7-8,14H,5-6H2,1-2H3. The highest BCUT2D eigenvalue weighted by atomic mass is 79.9. The molecule has 5 heteroatoms. The number of hydrogen-bond acceptors (Lipinski definition) is 4. The first-order valence-corrected chi connectivity index (χ1v) is 7.22. The van der Waals surface area contributed by atoms with Crippen molar-refractivity contribution in [2.75, 3.05) is 6.54 Å². The van der Waals surface area contributed by atoms with Crippen molar-refractivity contribution in [2.24, 2.45) is 0 Å². The predicted octanol–water partition coefficient (Wildman–Crippen LogP) is 3.70. The molecule has 2 aromatic heterocycles. The summed E-state index contributed by atoms with van der Waals surface area (Å²) in [5.41, 5.74) is 1.16. The van der Waals surface area contributed by atoms with E-state index in [4.69, 9.17) is 4.42 Å². The Kier molecular flexibility index (Phi) is 4.36. The Hall–Kier alpha value is -0.650. The van der Waals surface area contributed by atoms with Gasteiger partial charge in [0.05, 0.1) is 16.7 Å². The third-order valence-electron chi connectivity index (χ3n) is 2.52. The molecular weight excluding hydrogens is 300 g/mol. The monoisotopic (exact) mass is 314 g/mol. The van der Waals surface area contributed by atoms with E-state index in [9.17, 15) is 0 Å². The van der Waals surface area contributed by atoms with Gasteiger partial charge in [0.2, 0.25) is 0 Å². The molecule has 1 unspecified atom stereocenters. The van der Waals surface area contributed by atoms with Crippen molar-refractivity contribution in [3.63, 3.8) is 0 Å². The van der Waals surface area contributed by atoms with E-state index in [2.05, 4.69) is 38.5 Å². The maximum Gasteiger partial charge on any atom is 0.169 e. The summed E-state index contributed by atoms with van der Waals surface area (Å²) in [6, 6.07) is 4.12. The molecule has 17 heavy (non-hydrogen) atoms. The van der Waals surface area contributed by atoms with Crippen molar-refractivity contribution in [3.8, 4) is 0 Å². The molecule has 0 saturated heterocycles. The summed E-state index contributed by atoms with van der Waals surface area (Å²) in [5.74, 6) is 0.950. The topological polar surface area (TPSA) is 38.1 Å². The van der Waals surface area contributed by atoms with Gasteiger partial charge < -0.3 is 9.73 Å². The number of nitrogens with one attached hydrogen (secondary N) is 1. The Morgan fingerprint density at radius 2 is 2.35 bits per heavy atom. The third-order valence-corrected chi connectivity index (χ3v) is 3.77. The number of aryl methyl sites for hydroxylation is 1. The van der Waals surface area contributed by atoms with Crippen molar-refractivity contribution in [2.45, 2.75) is 26.3 Å². The van der Waals surface area contributed by atoms with E-state index in [0.29, 0.717) is 0 Å². The summed E-state index contributed by atoms with van der Waals surface area (Å²) in [5, 5.41) is 6.66. The van der Waals surface area contributed by atoms with Crippen molar-refractivity contribution >= 4 is 27.3 Å². The van der Waals surface area contributed by atoms with Gasteiger partial charge in [-0.3, -0.25) is 0 Å². The van der Waals surface area contributed by atoms with Crippen LogP contribution in [0.4, 0.5) is 0 Å². The number of thiazole rings is 1. The average molecular weight is 315 g/mol. The van der Waals surface area contributed by atoms with Crippen LogP contribution < -0.4 is 5.32 Å². The zero-order valence-corrected chi connectivity index (χ0v) is 12.3. The normalized spacial score (nSPS) is 12.9. The van der Waals surface area contributed by atoms with Gasteiger partial charge in [0, 0.05) is 18.3 Å². The summed E-state index contributed by atoms with van der Waals surface area (Å²) >= 11 is 5.00. The van der Waals surface area contributed by atoms with Gasteiger partial charge in [0.1, 0.15) is 5.76 Å². The molecule has 0 aromatic carbocycles. The molecule has 2 heterocycles. The van der Waals surface area contributed by atoms with Gasteiger partial charge >= 0.3 is 0 Å². The summed E-state index contributed by atoms with van der Waals surface area (Å²) in [7, 11) is 0. The van der Waals surface area contributed by atoms with Gasteiger partial charge in [-0.1, -0.05) is 0 Å². The molecule has 2 rings (SSSR count). The second-order valence-corrected chi connectivity index (χ2v) is 5.77. The maximum absolute atomic E-state index is 5.49. The molecule has 92 valence electrons. The van der Waals surface area contributed by atoms with Crippen LogP contribution in [0.15, 0.2) is 26.6 Å². The first-order valence-electron chi connectivity index (χ1n) is 5.55. The molecule has 0 aliphatic carbocycles. The molecule has 0 saturated carbocycles. The Morgan fingerprint density at radius 1 is 1.53 bits per heavy atom. The van der Waals surface area contributed by atoms with Gasteiger partial charge in [0.25, 0.3) is 0 Å². The minimum atomic E-state index is 0.223. The minimum Gasteiger partial charge on any atom is -0.453 e. The largest absolute Gasteiger partial charge is 0.453 e. The number of nitrogens with zero attached hydrogens (tertiary/aromatic N) is 1. The Balaban J connectivity index is 1.78. The van der Waals surface area contributed by atoms with Gasteiger partial charge in [-0.05, 0) is 41.9 Å². The predicted molar refractivity (Wildman–Crippen MR) is 73.4 cm³/mol. The second-order valence-electron chi connectivity index (χ2n) is 3.93. The molecule has 1 atom stereocenters. The molecular formula is C12H15BrN2OS. The number of hydrogen-bond donors (Lipinski definition) is 1. The Morgan fingerprint density at radius 3 is 2.94 bits per heavy atom. The molecule has 0 amide bonds. The zero-order chi connectivity index (χ0) is 12.3. The van der Waals surface area contributed by atoms with Crippen molar-refractivity contribution < 1.29 is 4.42 Å². The number of aromatic nitrogens is 1. The van der Waals surface area contributed by atoms with E-state index in [1.165, 1.54) is 0 Å². The fraction of sp³-hybridized carbons (Fsp3) is 0.417. The molecule has 0 spiro atoms. The van der Waals surface area contributed by atoms with Crippen LogP contribution in [0.1, 0.15) is 29.4 Å². The van der Waals surface area contributed by atoms with E-state index in [-0.39, 0.29) is 6.04 Å². The van der Waals surface area contributed by atoms with Crippen LogP contribution >= 0.6 is 27.3 Å². The van der Waals surface area contributed by atoms with Gasteiger partial charge in [-0.15, -0.1) is 11.3 Å². The van der Waals surface area contributed by atoms with E-state index >= 15 is 0 Å². The lowest BCUT2D eigenvalue weighted by Gasteiger charge is -2.10. The number of furan rings is 1. The first-order chi connectivity index (χ1) is 8.15. The molecule has 1 N–H and O–H groups in total. The van der Waals surface area contributed by atoms with Crippen molar-refractivity contribution in [1.82, 2.24) is 10.3 Å². The summed E-state index contributed by atoms with van der Waals surface area (Å²) in [4.78, 5) is 4.43. The second kappa shape index (κ2) is 5.80. The van der Waals surface area contributed by atoms with E-state index in [1.807, 2.05) is 19.1 Å². The summed E-state index contributed by atoms with van der Waals surface area (Å²) < 4.78 is 6.27. The minimum absolute atomic E-state index is 0.223. The SMILES string of the molecule is Cc1nc(CCNC(C)c2ccc(Br)o2)cs1. The maximum atomic E-state index is 5.49. The van der Waals surface area contributed by atoms with E-state index < -0.39 is 0 Å². The zero-order valence-electron chi connectivity index (χ0n) is 9.87. The Bertz CT molecular complexity index is 480. The number of halogens is 1. The highest BCUT2D eigenvalue weighted by molar-refractivity contribution is 9.10. The average Bonchev–Trinajstić information content (AvgIpc) is 2.88. The lowest BCUT2D eigenvalue weighted by Crippen LogP contribution is -2.21. The molecule has 3 nitrogen and oxygen atoms in total. The van der Waals surface area contributed by atoms with Crippen LogP contribution in [-0.2, 0) is 6.42 Å². The lowest BCUT2D eigenvalue weighted by molar-refractivity contribution is 0.420. The van der Waals surface area contributed by atoms with Crippen molar-refractivity contribution in [1.29, 1.82) is 0 Å². The van der Waals surface area contributed by atoms with Gasteiger partial charge in [-0.25, -0.2) is 4.98 Å². The van der Waals surface area contributed by atoms with Crippen LogP contribution in [-0.4, -0.2) is 11.5 Å². The summed E-state index contributed by atoms with van der Waals surface area (Å²) in [6.07, 6.45) is 0.955. The first kappa shape index (κ1) is 12.8. The van der Waals surface area contributed by atoms with Crippen LogP contribution in [0.3, 0.4) is 0 Å². The van der Waals surface area contributed by atoms with Crippen molar-refractivity contribution in [3.05, 3.63) is 38.6 Å². The smallest absolute Gasteiger partial charge is 0.169 e. The fourth-order valence-corrected chi connectivity index (χ4v) is 2.57. The quantitative estimate of drug-likeness (QED) is 0.914. The van der Waals surface area contributed by atoms with Gasteiger partial charge in [-0.2, -0.15) is 0 Å². The molecule has 0 radical (unpaired) electrons. The molecule has 0 bridgehead atoms. The summed E-state index contributed by atoms with van der Waals surface area (Å²) in [6.45, 7) is 5.03. The lowest BCUT2D eigenvalue weighted by atomic mass is 10.2. The highest BCUT2D eigenvalue weighted by Gasteiger charge is 2.09. The highest BCUT2D eigenvalue weighted by Crippen LogP contribution is 2.19. The van der Waals surface area contributed by atoms with Crippen LogP contribution in [0.2, 0.25) is 0 Å². The molecule has 0 aliphatic rings. The Labute approximate surface area is 113 Å². The molecule has 0 fully saturated rings. The van der Waals surface area contributed by atoms with E-state index in [1.54, 1.807) is 11.3 Å².